The van der Waals surface area contributed by atoms with Gasteiger partial charge in [0.15, 0.2) is 0 Å². The summed E-state index contributed by atoms with van der Waals surface area (Å²) in [7, 11) is 3.09. The number of aromatic amines is 1. The molecular formula is C69H116N4O10S. The molecular weight excluding hydrogens is 1080 g/mol. The number of amidine groups is 1. The molecule has 0 saturated heterocycles. The molecule has 0 bridgehead atoms. The number of hydrogen-bond acceptors (Lipinski definition) is 12. The first-order valence-corrected chi connectivity index (χ1v) is 32.8. The predicted molar refractivity (Wildman–Crippen MR) is 344 cm³/mol. The Hall–Kier alpha value is -3.95. The molecule has 0 spiro atoms. The third-order valence-electron chi connectivity index (χ3n) is 19.2. The maximum Gasteiger partial charge on any atom is 0.342 e. The summed E-state index contributed by atoms with van der Waals surface area (Å²) in [6.45, 7) is 51.0. The van der Waals surface area contributed by atoms with Gasteiger partial charge in [-0.1, -0.05) is 152 Å². The average Bonchev–Trinajstić information content (AvgIpc) is 2.25. The summed E-state index contributed by atoms with van der Waals surface area (Å²) in [5, 5.41) is 6.38. The largest absolute Gasteiger partial charge is 0.464 e. The highest BCUT2D eigenvalue weighted by atomic mass is 32.2. The number of carbonyl (C=O) groups is 5. The first-order valence-electron chi connectivity index (χ1n) is 31.8. The van der Waals surface area contributed by atoms with Crippen molar-refractivity contribution in [1.29, 1.82) is 0 Å². The van der Waals surface area contributed by atoms with Crippen LogP contribution >= 0.6 is 11.8 Å². The van der Waals surface area contributed by atoms with Gasteiger partial charge < -0.3 is 39.3 Å². The van der Waals surface area contributed by atoms with Crippen LogP contribution in [0.5, 0.6) is 0 Å². The molecule has 1 aromatic rings. The van der Waals surface area contributed by atoms with E-state index in [0.717, 1.165) is 25.7 Å². The predicted octanol–water partition coefficient (Wildman–Crippen LogP) is 15.8. The molecule has 478 valence electrons. The lowest BCUT2D eigenvalue weighted by atomic mass is 9.59. The molecule has 2 saturated carbocycles. The zero-order valence-corrected chi connectivity index (χ0v) is 58.1. The van der Waals surface area contributed by atoms with Crippen LogP contribution in [-0.4, -0.2) is 97.3 Å². The third-order valence-corrected chi connectivity index (χ3v) is 20.9. The highest BCUT2D eigenvalue weighted by Crippen LogP contribution is 2.52. The number of thioether (sulfide) groups is 1. The molecule has 1 aromatic heterocycles. The lowest BCUT2D eigenvalue weighted by Gasteiger charge is -2.50. The van der Waals surface area contributed by atoms with Crippen molar-refractivity contribution < 1.29 is 47.7 Å². The Labute approximate surface area is 512 Å². The van der Waals surface area contributed by atoms with Crippen LogP contribution in [0.1, 0.15) is 245 Å². The van der Waals surface area contributed by atoms with E-state index in [1.54, 1.807) is 14.2 Å². The molecule has 2 fully saturated rings. The zero-order valence-electron chi connectivity index (χ0n) is 57.3. The number of rotatable bonds is 23. The molecule has 3 aliphatic rings. The van der Waals surface area contributed by atoms with Gasteiger partial charge in [-0.15, -0.1) is 11.8 Å². The van der Waals surface area contributed by atoms with Crippen LogP contribution in [0.15, 0.2) is 21.8 Å². The van der Waals surface area contributed by atoms with Gasteiger partial charge in [0.2, 0.25) is 11.8 Å². The minimum Gasteiger partial charge on any atom is -0.464 e. The first-order chi connectivity index (χ1) is 38.6. The van der Waals surface area contributed by atoms with Crippen molar-refractivity contribution in [2.24, 2.45) is 78.9 Å². The van der Waals surface area contributed by atoms with E-state index in [1.807, 2.05) is 75.3 Å². The van der Waals surface area contributed by atoms with E-state index in [9.17, 15) is 9.59 Å². The van der Waals surface area contributed by atoms with Gasteiger partial charge in [-0.25, -0.2) is 14.6 Å². The number of H-pyrrole nitrogens is 1. The molecule has 14 nitrogen and oxygen atoms in total. The molecule has 0 radical (unpaired) electrons. The minimum atomic E-state index is -1.12. The SMILES string of the molecule is CCC(C)(C)C(=O)OCCSC(CC)(CC)C(=O)Nc1[nH]c(C=C2N=C(NC(=O)C(CC)(COC)COC)C(C(=O)OC3C(C(C)(C)C)CC(C)CC3C(C)(C)C)=C2C(C)C)c(C(C)C)c1C(=O)OC1C(C(C)(C)C)CC(C)CC1C(C)(C)C. The maximum absolute atomic E-state index is 15.8. The smallest absolute Gasteiger partial charge is 0.342 e. The van der Waals surface area contributed by atoms with E-state index < -0.39 is 45.6 Å². The number of anilines is 1. The summed E-state index contributed by atoms with van der Waals surface area (Å²) < 4.78 is 30.1. The van der Waals surface area contributed by atoms with Gasteiger partial charge in [-0.3, -0.25) is 14.4 Å². The second kappa shape index (κ2) is 28.5. The molecule has 2 amide bonds. The van der Waals surface area contributed by atoms with Gasteiger partial charge in [0.05, 0.1) is 34.5 Å². The number of nitrogens with one attached hydrogen (secondary N) is 3. The number of ether oxygens (including phenoxy) is 5. The van der Waals surface area contributed by atoms with E-state index in [4.69, 9.17) is 28.7 Å². The second-order valence-corrected chi connectivity index (χ2v) is 32.4. The van der Waals surface area contributed by atoms with E-state index in [-0.39, 0.29) is 112 Å². The number of nitrogens with zero attached hydrogens (tertiary/aromatic N) is 1. The summed E-state index contributed by atoms with van der Waals surface area (Å²) in [6.07, 6.45) is 6.47. The van der Waals surface area contributed by atoms with Gasteiger partial charge in [-0.2, -0.15) is 0 Å². The lowest BCUT2D eigenvalue weighted by molar-refractivity contribution is -0.164. The molecule has 2 heterocycles. The first kappa shape index (κ1) is 72.5. The van der Waals surface area contributed by atoms with Crippen LogP contribution in [0.25, 0.3) is 6.08 Å². The number of carbonyl (C=O) groups excluding carboxylic acids is 5. The van der Waals surface area contributed by atoms with Crippen LogP contribution in [-0.2, 0) is 42.9 Å². The topological polar surface area (TPSA) is 184 Å². The molecule has 0 aromatic carbocycles. The van der Waals surface area contributed by atoms with E-state index in [2.05, 4.69) is 113 Å². The Bertz CT molecular complexity index is 2500. The van der Waals surface area contributed by atoms with Crippen molar-refractivity contribution in [3.05, 3.63) is 33.7 Å². The van der Waals surface area contributed by atoms with Crippen molar-refractivity contribution >= 4 is 59.2 Å². The van der Waals surface area contributed by atoms with E-state index in [1.165, 1.54) is 11.8 Å². The van der Waals surface area contributed by atoms with Crippen molar-refractivity contribution in [2.45, 2.75) is 240 Å². The van der Waals surface area contributed by atoms with Gasteiger partial charge in [0.25, 0.3) is 0 Å². The van der Waals surface area contributed by atoms with Gasteiger partial charge in [0.1, 0.15) is 41.6 Å². The van der Waals surface area contributed by atoms with Gasteiger partial charge in [-0.05, 0) is 128 Å². The lowest BCUT2D eigenvalue weighted by Crippen LogP contribution is -2.51. The Morgan fingerprint density at radius 3 is 1.46 bits per heavy atom. The molecule has 4 atom stereocenters. The van der Waals surface area contributed by atoms with Gasteiger partial charge >= 0.3 is 17.9 Å². The maximum atomic E-state index is 15.8. The molecule has 2 aliphatic carbocycles. The van der Waals surface area contributed by atoms with Gasteiger partial charge in [0, 0.05) is 49.3 Å². The fraction of sp³-hybridized carbons (Fsp3) is 0.797. The number of allylic oxidation sites excluding steroid dienone is 1. The van der Waals surface area contributed by atoms with E-state index in [0.29, 0.717) is 65.8 Å². The van der Waals surface area contributed by atoms with Crippen molar-refractivity contribution in [2.75, 3.05) is 45.1 Å². The molecule has 84 heavy (non-hydrogen) atoms. The summed E-state index contributed by atoms with van der Waals surface area (Å²) in [4.78, 5) is 83.3. The summed E-state index contributed by atoms with van der Waals surface area (Å²) in [5.74, 6) is -1.10. The van der Waals surface area contributed by atoms with E-state index >= 15 is 14.4 Å². The standard InChI is InChI=1S/C69H116N4O10S/c1-27-67(23,24)62(78)81-31-32-84-69(29-3,30-4)61(77)73-57-53(59(75)83-55-46(65(17,18)19)35-43(10)36-47(55)66(20,21)22)51(41(7)8)49(71-57)37-48-50(40(5)6)52(56(70-48)72-60(76)68(28-2,38-79-25)39-80-26)58(74)82-54-44(63(11,12)13)33-42(9)34-45(54)64(14,15)16/h37,40-47,54-55,71H,27-36,38-39H2,1-26H3,(H,73,77)(H,70,72,76). The Balaban J connectivity index is 2.10. The number of hydrogen-bond donors (Lipinski definition) is 3. The van der Waals surface area contributed by atoms with Crippen LogP contribution in [0.4, 0.5) is 5.82 Å². The number of aromatic nitrogens is 1. The van der Waals surface area contributed by atoms with Crippen LogP contribution in [0.2, 0.25) is 0 Å². The highest BCUT2D eigenvalue weighted by molar-refractivity contribution is 8.01. The van der Waals surface area contributed by atoms with Crippen molar-refractivity contribution in [3.8, 4) is 0 Å². The molecule has 4 rings (SSSR count). The third kappa shape index (κ3) is 16.8. The van der Waals surface area contributed by atoms with Crippen LogP contribution in [0, 0.1) is 73.9 Å². The molecule has 1 aliphatic heterocycles. The number of esters is 3. The van der Waals surface area contributed by atoms with Crippen LogP contribution in [0.3, 0.4) is 0 Å². The summed E-state index contributed by atoms with van der Waals surface area (Å²) in [5.41, 5.74) is -0.100. The zero-order chi connectivity index (χ0) is 64.0. The molecule has 15 heteroatoms. The fourth-order valence-electron chi connectivity index (χ4n) is 13.4. The van der Waals surface area contributed by atoms with Crippen LogP contribution < -0.4 is 10.6 Å². The van der Waals surface area contributed by atoms with Crippen molar-refractivity contribution in [3.63, 3.8) is 0 Å². The minimum absolute atomic E-state index is 0.0436. The molecule has 4 unspecified atom stereocenters. The number of methoxy groups -OCH3 is 2. The highest BCUT2D eigenvalue weighted by Gasteiger charge is 2.51. The number of amides is 2. The number of aliphatic imine (C=N–C) groups is 1. The Morgan fingerprint density at radius 2 is 1.08 bits per heavy atom. The quantitative estimate of drug-likeness (QED) is 0.0538. The Kier molecular flexibility index (Phi) is 24.6. The van der Waals surface area contributed by atoms with Crippen molar-refractivity contribution in [1.82, 2.24) is 10.3 Å². The summed E-state index contributed by atoms with van der Waals surface area (Å²) in [6, 6.07) is 0. The fourth-order valence-corrected chi connectivity index (χ4v) is 14.5. The second-order valence-electron chi connectivity index (χ2n) is 30.9. The Morgan fingerprint density at radius 1 is 0.631 bits per heavy atom. The molecule has 3 N–H and O–H groups in total. The monoisotopic (exact) mass is 1190 g/mol. The normalized spacial score (nSPS) is 23.7. The average molecular weight is 1190 g/mol. The summed E-state index contributed by atoms with van der Waals surface area (Å²) >= 11 is 1.44.